The molecule has 0 fully saturated rings. The van der Waals surface area contributed by atoms with Crippen LogP contribution in [0.25, 0.3) is 0 Å². The van der Waals surface area contributed by atoms with E-state index in [1.807, 2.05) is 30.3 Å². The first-order chi connectivity index (χ1) is 12.6. The van der Waals surface area contributed by atoms with E-state index >= 15 is 0 Å². The highest BCUT2D eigenvalue weighted by Crippen LogP contribution is 2.14. The maximum absolute atomic E-state index is 12.2. The highest BCUT2D eigenvalue weighted by Gasteiger charge is 2.07. The van der Waals surface area contributed by atoms with Crippen molar-refractivity contribution in [3.63, 3.8) is 0 Å². The molecule has 5 heteroatoms. The molecule has 0 radical (unpaired) electrons. The molecule has 0 bridgehead atoms. The third-order valence-corrected chi connectivity index (χ3v) is 5.55. The van der Waals surface area contributed by atoms with Crippen molar-refractivity contribution in [2.75, 3.05) is 25.9 Å². The molecule has 0 saturated heterocycles. The van der Waals surface area contributed by atoms with E-state index < -0.39 is 10.8 Å². The van der Waals surface area contributed by atoms with Crippen LogP contribution in [0.2, 0.25) is 0 Å². The van der Waals surface area contributed by atoms with Crippen molar-refractivity contribution in [1.29, 1.82) is 0 Å². The third kappa shape index (κ3) is 7.00. The first-order valence-electron chi connectivity index (χ1n) is 8.98. The molecule has 140 valence electrons. The standard InChI is InChI=1S/C21H29N3OS/c1-17-9-11-20(12-10-17)18(2)15-24-21(22-3)23-13-14-26(25)16-19-7-5-4-6-8-19/h4-12,18H,13-16H2,1-3H3,(H2,22,23,24). The van der Waals surface area contributed by atoms with Gasteiger partial charge in [0.2, 0.25) is 0 Å². The Morgan fingerprint density at radius 2 is 1.77 bits per heavy atom. The van der Waals surface area contributed by atoms with Crippen molar-refractivity contribution >= 4 is 16.8 Å². The fraction of sp³-hybridized carbons (Fsp3) is 0.381. The average molecular weight is 372 g/mol. The zero-order valence-electron chi connectivity index (χ0n) is 15.9. The van der Waals surface area contributed by atoms with Crippen molar-refractivity contribution in [3.8, 4) is 0 Å². The van der Waals surface area contributed by atoms with Gasteiger partial charge in [0.05, 0.1) is 0 Å². The predicted octanol–water partition coefficient (Wildman–Crippen LogP) is 3.21. The number of guanidine groups is 1. The van der Waals surface area contributed by atoms with Gasteiger partial charge in [-0.15, -0.1) is 0 Å². The van der Waals surface area contributed by atoms with Gasteiger partial charge in [0, 0.05) is 42.4 Å². The zero-order valence-corrected chi connectivity index (χ0v) is 16.7. The minimum atomic E-state index is -0.879. The Labute approximate surface area is 159 Å². The lowest BCUT2D eigenvalue weighted by Crippen LogP contribution is -2.40. The van der Waals surface area contributed by atoms with Crippen molar-refractivity contribution in [2.24, 2.45) is 4.99 Å². The largest absolute Gasteiger partial charge is 0.356 e. The number of aryl methyl sites for hydroxylation is 1. The molecule has 2 unspecified atom stereocenters. The lowest BCUT2D eigenvalue weighted by molar-refractivity contribution is 0.679. The van der Waals surface area contributed by atoms with E-state index in [1.54, 1.807) is 7.05 Å². The van der Waals surface area contributed by atoms with Gasteiger partial charge in [-0.2, -0.15) is 0 Å². The molecule has 0 heterocycles. The molecule has 0 spiro atoms. The van der Waals surface area contributed by atoms with E-state index in [1.165, 1.54) is 11.1 Å². The van der Waals surface area contributed by atoms with Crippen LogP contribution in [0.1, 0.15) is 29.5 Å². The maximum Gasteiger partial charge on any atom is 0.191 e. The predicted molar refractivity (Wildman–Crippen MR) is 112 cm³/mol. The SMILES string of the molecule is CN=C(NCCS(=O)Cc1ccccc1)NCC(C)c1ccc(C)cc1. The molecule has 0 aromatic heterocycles. The molecule has 2 aromatic carbocycles. The van der Waals surface area contributed by atoms with Gasteiger partial charge >= 0.3 is 0 Å². The number of hydrogen-bond donors (Lipinski definition) is 2. The maximum atomic E-state index is 12.2. The first-order valence-corrected chi connectivity index (χ1v) is 10.5. The van der Waals surface area contributed by atoms with E-state index in [9.17, 15) is 4.21 Å². The van der Waals surface area contributed by atoms with E-state index in [2.05, 4.69) is 53.7 Å². The summed E-state index contributed by atoms with van der Waals surface area (Å²) in [4.78, 5) is 4.24. The molecular weight excluding hydrogens is 342 g/mol. The zero-order chi connectivity index (χ0) is 18.8. The highest BCUT2D eigenvalue weighted by atomic mass is 32.2. The van der Waals surface area contributed by atoms with Gasteiger partial charge in [-0.25, -0.2) is 0 Å². The molecular formula is C21H29N3OS. The van der Waals surface area contributed by atoms with Crippen molar-refractivity contribution in [2.45, 2.75) is 25.5 Å². The molecule has 2 rings (SSSR count). The molecule has 2 atom stereocenters. The van der Waals surface area contributed by atoms with E-state index in [0.29, 0.717) is 24.0 Å². The Bertz CT molecular complexity index is 714. The van der Waals surface area contributed by atoms with Gasteiger partial charge in [0.25, 0.3) is 0 Å². The summed E-state index contributed by atoms with van der Waals surface area (Å²) in [6.45, 7) is 5.73. The number of rotatable bonds is 8. The van der Waals surface area contributed by atoms with Crippen LogP contribution < -0.4 is 10.6 Å². The number of aliphatic imine (C=N–C) groups is 1. The van der Waals surface area contributed by atoms with E-state index in [-0.39, 0.29) is 0 Å². The smallest absolute Gasteiger partial charge is 0.191 e. The molecule has 26 heavy (non-hydrogen) atoms. The molecule has 4 nitrogen and oxygen atoms in total. The lowest BCUT2D eigenvalue weighted by Gasteiger charge is -2.16. The quantitative estimate of drug-likeness (QED) is 0.553. The van der Waals surface area contributed by atoms with Crippen LogP contribution in [-0.4, -0.2) is 36.1 Å². The summed E-state index contributed by atoms with van der Waals surface area (Å²) in [6.07, 6.45) is 0. The number of nitrogens with one attached hydrogen (secondary N) is 2. The van der Waals surface area contributed by atoms with Gasteiger partial charge in [0.15, 0.2) is 5.96 Å². The van der Waals surface area contributed by atoms with Gasteiger partial charge < -0.3 is 10.6 Å². The molecule has 0 aliphatic heterocycles. The Morgan fingerprint density at radius 3 is 2.42 bits per heavy atom. The monoisotopic (exact) mass is 371 g/mol. The summed E-state index contributed by atoms with van der Waals surface area (Å²) in [5.41, 5.74) is 3.69. The molecule has 2 N–H and O–H groups in total. The Morgan fingerprint density at radius 1 is 1.08 bits per heavy atom. The second-order valence-corrected chi connectivity index (χ2v) is 8.04. The highest BCUT2D eigenvalue weighted by molar-refractivity contribution is 7.84. The lowest BCUT2D eigenvalue weighted by atomic mass is 10.0. The molecule has 0 saturated carbocycles. The van der Waals surface area contributed by atoms with Crippen LogP contribution >= 0.6 is 0 Å². The van der Waals surface area contributed by atoms with Crippen LogP contribution in [0.3, 0.4) is 0 Å². The molecule has 0 aliphatic rings. The average Bonchev–Trinajstić information content (AvgIpc) is 2.65. The third-order valence-electron chi connectivity index (χ3n) is 4.24. The molecule has 0 aliphatic carbocycles. The fourth-order valence-corrected chi connectivity index (χ4v) is 3.64. The summed E-state index contributed by atoms with van der Waals surface area (Å²) < 4.78 is 12.2. The number of nitrogens with zero attached hydrogens (tertiary/aromatic N) is 1. The van der Waals surface area contributed by atoms with Crippen molar-refractivity contribution in [1.82, 2.24) is 10.6 Å². The minimum Gasteiger partial charge on any atom is -0.356 e. The van der Waals surface area contributed by atoms with Crippen LogP contribution in [0.15, 0.2) is 59.6 Å². The summed E-state index contributed by atoms with van der Waals surface area (Å²) >= 11 is 0. The van der Waals surface area contributed by atoms with Crippen molar-refractivity contribution in [3.05, 3.63) is 71.3 Å². The van der Waals surface area contributed by atoms with Gasteiger partial charge in [-0.05, 0) is 24.0 Å². The second-order valence-electron chi connectivity index (χ2n) is 6.47. The summed E-state index contributed by atoms with van der Waals surface area (Å²) in [6, 6.07) is 18.6. The number of hydrogen-bond acceptors (Lipinski definition) is 2. The first kappa shape index (κ1) is 20.2. The van der Waals surface area contributed by atoms with Crippen LogP contribution in [0.4, 0.5) is 0 Å². The fourth-order valence-electron chi connectivity index (χ4n) is 2.60. The minimum absolute atomic E-state index is 0.390. The van der Waals surface area contributed by atoms with Crippen LogP contribution in [-0.2, 0) is 16.6 Å². The normalized spacial score (nSPS) is 13.9. The van der Waals surface area contributed by atoms with Crippen LogP contribution in [0, 0.1) is 6.92 Å². The van der Waals surface area contributed by atoms with E-state index in [4.69, 9.17) is 0 Å². The molecule has 0 amide bonds. The second kappa shape index (κ2) is 10.8. The van der Waals surface area contributed by atoms with E-state index in [0.717, 1.165) is 18.1 Å². The van der Waals surface area contributed by atoms with Gasteiger partial charge in [-0.3, -0.25) is 9.20 Å². The van der Waals surface area contributed by atoms with Gasteiger partial charge in [-0.1, -0.05) is 67.1 Å². The summed E-state index contributed by atoms with van der Waals surface area (Å²) in [5.74, 6) is 2.34. The number of benzene rings is 2. The summed E-state index contributed by atoms with van der Waals surface area (Å²) in [7, 11) is 0.877. The van der Waals surface area contributed by atoms with Crippen molar-refractivity contribution < 1.29 is 4.21 Å². The Hall–Kier alpha value is -2.14. The van der Waals surface area contributed by atoms with Gasteiger partial charge in [0.1, 0.15) is 0 Å². The van der Waals surface area contributed by atoms with Crippen LogP contribution in [0.5, 0.6) is 0 Å². The topological polar surface area (TPSA) is 53.5 Å². The summed E-state index contributed by atoms with van der Waals surface area (Å²) in [5, 5.41) is 6.59. The molecule has 2 aromatic rings. The Kier molecular flexibility index (Phi) is 8.35. The Balaban J connectivity index is 1.70.